The normalized spacial score (nSPS) is 12.6. The number of amides is 1. The number of hydrogen-bond donors (Lipinski definition) is 3. The van der Waals surface area contributed by atoms with Crippen LogP contribution in [0.15, 0.2) is 41.2 Å². The van der Waals surface area contributed by atoms with E-state index in [1.807, 2.05) is 18.2 Å². The molecule has 1 amide bonds. The zero-order chi connectivity index (χ0) is 13.2. The first kappa shape index (κ1) is 11.5. The van der Waals surface area contributed by atoms with Crippen molar-refractivity contribution in [3.8, 4) is 0 Å². The predicted molar refractivity (Wildman–Crippen MR) is 73.7 cm³/mol. The van der Waals surface area contributed by atoms with Gasteiger partial charge in [0, 0.05) is 24.0 Å². The Hall–Kier alpha value is -2.56. The molecule has 0 unspecified atom stereocenters. The molecule has 1 aromatic carbocycles. The predicted octanol–water partition coefficient (Wildman–Crippen LogP) is 1.60. The summed E-state index contributed by atoms with van der Waals surface area (Å²) < 4.78 is 0. The highest BCUT2D eigenvalue weighted by atomic mass is 16.2. The minimum atomic E-state index is -0.316. The number of anilines is 2. The second kappa shape index (κ2) is 4.61. The standard InChI is InChI=1S/C14H13N3O2/c18-13-3-1-2-12(17-13)14(19)16-10-4-5-11-9(8-10)6-7-15-11/h1-5,8,15H,6-7H2,(H,16,19)(H,17,18). The average Bonchev–Trinajstić information content (AvgIpc) is 2.86. The molecule has 19 heavy (non-hydrogen) atoms. The zero-order valence-electron chi connectivity index (χ0n) is 10.2. The zero-order valence-corrected chi connectivity index (χ0v) is 10.2. The molecule has 2 heterocycles. The molecule has 96 valence electrons. The lowest BCUT2D eigenvalue weighted by molar-refractivity contribution is 0.102. The van der Waals surface area contributed by atoms with Crippen molar-refractivity contribution in [2.75, 3.05) is 17.2 Å². The van der Waals surface area contributed by atoms with Crippen molar-refractivity contribution in [3.05, 3.63) is 58.0 Å². The fraction of sp³-hybridized carbons (Fsp3) is 0.143. The molecule has 1 aliphatic heterocycles. The first-order valence-electron chi connectivity index (χ1n) is 6.10. The minimum absolute atomic E-state index is 0.256. The van der Waals surface area contributed by atoms with Gasteiger partial charge in [-0.15, -0.1) is 0 Å². The van der Waals surface area contributed by atoms with E-state index in [1.54, 1.807) is 12.1 Å². The molecule has 0 saturated carbocycles. The molecule has 0 atom stereocenters. The van der Waals surface area contributed by atoms with Crippen molar-refractivity contribution in [1.29, 1.82) is 0 Å². The van der Waals surface area contributed by atoms with E-state index in [4.69, 9.17) is 0 Å². The Morgan fingerprint density at radius 2 is 2.11 bits per heavy atom. The Labute approximate surface area is 109 Å². The average molecular weight is 255 g/mol. The number of benzene rings is 1. The molecule has 1 aliphatic rings. The maximum absolute atomic E-state index is 12.0. The second-order valence-corrected chi connectivity index (χ2v) is 4.43. The molecule has 5 heteroatoms. The van der Waals surface area contributed by atoms with Crippen LogP contribution < -0.4 is 16.2 Å². The third-order valence-corrected chi connectivity index (χ3v) is 3.09. The number of carbonyl (C=O) groups excluding carboxylic acids is 1. The molecular formula is C14H13N3O2. The number of nitrogens with one attached hydrogen (secondary N) is 3. The molecular weight excluding hydrogens is 242 g/mol. The SMILES string of the molecule is O=C(Nc1ccc2c(c1)CCN2)c1cccc(=O)[nH]1. The lowest BCUT2D eigenvalue weighted by atomic mass is 10.1. The van der Waals surface area contributed by atoms with Crippen LogP contribution in [-0.4, -0.2) is 17.4 Å². The van der Waals surface area contributed by atoms with Gasteiger partial charge in [0.25, 0.3) is 5.91 Å². The highest BCUT2D eigenvalue weighted by molar-refractivity contribution is 6.02. The van der Waals surface area contributed by atoms with Gasteiger partial charge in [-0.3, -0.25) is 9.59 Å². The summed E-state index contributed by atoms with van der Waals surface area (Å²) in [6.07, 6.45) is 0.960. The minimum Gasteiger partial charge on any atom is -0.384 e. The van der Waals surface area contributed by atoms with E-state index in [0.29, 0.717) is 0 Å². The summed E-state index contributed by atoms with van der Waals surface area (Å²) in [6, 6.07) is 10.2. The molecule has 3 N–H and O–H groups in total. The van der Waals surface area contributed by atoms with Gasteiger partial charge < -0.3 is 15.6 Å². The molecule has 0 saturated heterocycles. The summed E-state index contributed by atoms with van der Waals surface area (Å²) in [5.41, 5.74) is 3.01. The van der Waals surface area contributed by atoms with Gasteiger partial charge in [0.1, 0.15) is 5.69 Å². The molecule has 3 rings (SSSR count). The van der Waals surface area contributed by atoms with Crippen molar-refractivity contribution in [1.82, 2.24) is 4.98 Å². The molecule has 0 aliphatic carbocycles. The number of fused-ring (bicyclic) bond motifs is 1. The number of pyridine rings is 1. The molecule has 1 aromatic heterocycles. The van der Waals surface area contributed by atoms with Gasteiger partial charge in [0.15, 0.2) is 0 Å². The van der Waals surface area contributed by atoms with Gasteiger partial charge in [-0.1, -0.05) is 6.07 Å². The molecule has 5 nitrogen and oxygen atoms in total. The Balaban J connectivity index is 1.82. The number of rotatable bonds is 2. The Kier molecular flexibility index (Phi) is 2.79. The molecule has 0 spiro atoms. The van der Waals surface area contributed by atoms with Crippen LogP contribution in [0.3, 0.4) is 0 Å². The van der Waals surface area contributed by atoms with E-state index in [2.05, 4.69) is 15.6 Å². The van der Waals surface area contributed by atoms with E-state index >= 15 is 0 Å². The number of carbonyl (C=O) groups is 1. The van der Waals surface area contributed by atoms with Crippen molar-refractivity contribution in [2.45, 2.75) is 6.42 Å². The van der Waals surface area contributed by atoms with Gasteiger partial charge in [-0.2, -0.15) is 0 Å². The van der Waals surface area contributed by atoms with Crippen LogP contribution in [0.1, 0.15) is 16.1 Å². The first-order chi connectivity index (χ1) is 9.22. The summed E-state index contributed by atoms with van der Waals surface area (Å²) in [4.78, 5) is 25.6. The quantitative estimate of drug-likeness (QED) is 0.763. The van der Waals surface area contributed by atoms with Crippen molar-refractivity contribution in [2.24, 2.45) is 0 Å². The molecule has 0 bridgehead atoms. The lowest BCUT2D eigenvalue weighted by Crippen LogP contribution is -2.17. The first-order valence-corrected chi connectivity index (χ1v) is 6.10. The largest absolute Gasteiger partial charge is 0.384 e. The van der Waals surface area contributed by atoms with Crippen LogP contribution in [0.2, 0.25) is 0 Å². The van der Waals surface area contributed by atoms with Crippen LogP contribution in [0.5, 0.6) is 0 Å². The summed E-state index contributed by atoms with van der Waals surface area (Å²) in [5, 5.41) is 6.04. The number of hydrogen-bond acceptors (Lipinski definition) is 3. The van der Waals surface area contributed by atoms with Crippen molar-refractivity contribution < 1.29 is 4.79 Å². The van der Waals surface area contributed by atoms with E-state index < -0.39 is 0 Å². The van der Waals surface area contributed by atoms with Crippen LogP contribution in [0.4, 0.5) is 11.4 Å². The van der Waals surface area contributed by atoms with E-state index in [9.17, 15) is 9.59 Å². The Morgan fingerprint density at radius 3 is 2.95 bits per heavy atom. The summed E-state index contributed by atoms with van der Waals surface area (Å²) >= 11 is 0. The third kappa shape index (κ3) is 2.35. The molecule has 0 fully saturated rings. The van der Waals surface area contributed by atoms with Crippen LogP contribution >= 0.6 is 0 Å². The van der Waals surface area contributed by atoms with Gasteiger partial charge in [-0.05, 0) is 36.2 Å². The third-order valence-electron chi connectivity index (χ3n) is 3.09. The van der Waals surface area contributed by atoms with E-state index in [1.165, 1.54) is 11.6 Å². The summed E-state index contributed by atoms with van der Waals surface area (Å²) in [5.74, 6) is -0.316. The number of H-pyrrole nitrogens is 1. The Morgan fingerprint density at radius 1 is 1.21 bits per heavy atom. The van der Waals surface area contributed by atoms with Gasteiger partial charge in [0.2, 0.25) is 5.56 Å². The maximum Gasteiger partial charge on any atom is 0.272 e. The monoisotopic (exact) mass is 255 g/mol. The van der Waals surface area contributed by atoms with E-state index in [0.717, 1.165) is 24.3 Å². The number of aromatic amines is 1. The van der Waals surface area contributed by atoms with Gasteiger partial charge >= 0.3 is 0 Å². The van der Waals surface area contributed by atoms with Gasteiger partial charge in [-0.25, -0.2) is 0 Å². The fourth-order valence-corrected chi connectivity index (χ4v) is 2.16. The molecule has 0 radical (unpaired) electrons. The number of aromatic nitrogens is 1. The van der Waals surface area contributed by atoms with Crippen molar-refractivity contribution >= 4 is 17.3 Å². The van der Waals surface area contributed by atoms with Gasteiger partial charge in [0.05, 0.1) is 0 Å². The topological polar surface area (TPSA) is 74.0 Å². The second-order valence-electron chi connectivity index (χ2n) is 4.43. The smallest absolute Gasteiger partial charge is 0.272 e. The van der Waals surface area contributed by atoms with Crippen LogP contribution in [0, 0.1) is 0 Å². The fourth-order valence-electron chi connectivity index (χ4n) is 2.16. The highest BCUT2D eigenvalue weighted by Crippen LogP contribution is 2.25. The lowest BCUT2D eigenvalue weighted by Gasteiger charge is -2.07. The Bertz CT molecular complexity index is 691. The van der Waals surface area contributed by atoms with E-state index in [-0.39, 0.29) is 17.2 Å². The summed E-state index contributed by atoms with van der Waals surface area (Å²) in [7, 11) is 0. The van der Waals surface area contributed by atoms with Crippen LogP contribution in [0.25, 0.3) is 0 Å². The highest BCUT2D eigenvalue weighted by Gasteiger charge is 2.12. The van der Waals surface area contributed by atoms with Crippen molar-refractivity contribution in [3.63, 3.8) is 0 Å². The maximum atomic E-state index is 12.0. The summed E-state index contributed by atoms with van der Waals surface area (Å²) in [6.45, 7) is 0.929. The molecule has 2 aromatic rings. The van der Waals surface area contributed by atoms with Crippen LogP contribution in [-0.2, 0) is 6.42 Å².